The molecule has 0 aliphatic carbocycles. The second-order valence-electron chi connectivity index (χ2n) is 6.75. The maximum Gasteiger partial charge on any atom is 0.163 e. The lowest BCUT2D eigenvalue weighted by Gasteiger charge is -2.12. The van der Waals surface area contributed by atoms with Gasteiger partial charge in [0.05, 0.1) is 11.6 Å². The van der Waals surface area contributed by atoms with Gasteiger partial charge in [-0.25, -0.2) is 9.97 Å². The largest absolute Gasteiger partial charge is 0.370 e. The van der Waals surface area contributed by atoms with Crippen molar-refractivity contribution in [2.24, 2.45) is 5.92 Å². The molecule has 5 heteroatoms. The summed E-state index contributed by atoms with van der Waals surface area (Å²) in [5.74, 6) is 2.80. The van der Waals surface area contributed by atoms with Crippen molar-refractivity contribution in [2.45, 2.75) is 20.3 Å². The van der Waals surface area contributed by atoms with Crippen molar-refractivity contribution in [1.82, 2.24) is 9.97 Å². The Labute approximate surface area is 160 Å². The van der Waals surface area contributed by atoms with E-state index in [0.717, 1.165) is 30.0 Å². The summed E-state index contributed by atoms with van der Waals surface area (Å²) in [5.41, 5.74) is 2.47. The zero-order valence-electron chi connectivity index (χ0n) is 15.6. The van der Waals surface area contributed by atoms with Crippen LogP contribution < -0.4 is 10.6 Å². The minimum Gasteiger partial charge on any atom is -0.370 e. The summed E-state index contributed by atoms with van der Waals surface area (Å²) in [5, 5.41) is 15.6. The van der Waals surface area contributed by atoms with Crippen LogP contribution in [0.4, 0.5) is 17.3 Å². The molecule has 27 heavy (non-hydrogen) atoms. The van der Waals surface area contributed by atoms with Gasteiger partial charge in [0.1, 0.15) is 11.6 Å². The molecule has 2 aromatic carbocycles. The maximum atomic E-state index is 8.94. The van der Waals surface area contributed by atoms with Crippen LogP contribution in [0, 0.1) is 17.2 Å². The quantitative estimate of drug-likeness (QED) is 0.607. The predicted molar refractivity (Wildman–Crippen MR) is 110 cm³/mol. The first kappa shape index (κ1) is 18.4. The predicted octanol–water partition coefficient (Wildman–Crippen LogP) is 5.22. The topological polar surface area (TPSA) is 73.6 Å². The molecular weight excluding hydrogens is 334 g/mol. The van der Waals surface area contributed by atoms with Gasteiger partial charge in [-0.1, -0.05) is 44.2 Å². The molecule has 0 saturated carbocycles. The standard InChI is InChI=1S/C22H23N5/c1-16(2)12-13-24-20-14-21(25-19-10-8-17(15-23)9-11-19)27-22(26-20)18-6-4-3-5-7-18/h3-11,14,16H,12-13H2,1-2H3,(H2,24,25,26,27). The van der Waals surface area contributed by atoms with Gasteiger partial charge >= 0.3 is 0 Å². The van der Waals surface area contributed by atoms with Crippen LogP contribution in [0.5, 0.6) is 0 Å². The van der Waals surface area contributed by atoms with E-state index in [-0.39, 0.29) is 0 Å². The maximum absolute atomic E-state index is 8.94. The molecule has 0 aliphatic heterocycles. The lowest BCUT2D eigenvalue weighted by Crippen LogP contribution is -2.08. The highest BCUT2D eigenvalue weighted by atomic mass is 15.1. The van der Waals surface area contributed by atoms with E-state index in [1.54, 1.807) is 12.1 Å². The molecule has 0 fully saturated rings. The van der Waals surface area contributed by atoms with Gasteiger partial charge in [0.25, 0.3) is 0 Å². The van der Waals surface area contributed by atoms with Crippen LogP contribution in [0.1, 0.15) is 25.8 Å². The van der Waals surface area contributed by atoms with Crippen molar-refractivity contribution in [2.75, 3.05) is 17.2 Å². The van der Waals surface area contributed by atoms with Crippen molar-refractivity contribution in [3.05, 3.63) is 66.2 Å². The Morgan fingerprint density at radius 3 is 2.33 bits per heavy atom. The minimum absolute atomic E-state index is 0.629. The second kappa shape index (κ2) is 8.81. The van der Waals surface area contributed by atoms with Gasteiger partial charge in [0.2, 0.25) is 0 Å². The van der Waals surface area contributed by atoms with Crippen molar-refractivity contribution in [3.63, 3.8) is 0 Å². The van der Waals surface area contributed by atoms with Gasteiger partial charge in [0, 0.05) is 23.9 Å². The van der Waals surface area contributed by atoms with Crippen molar-refractivity contribution >= 4 is 17.3 Å². The number of aromatic nitrogens is 2. The molecular formula is C22H23N5. The highest BCUT2D eigenvalue weighted by Crippen LogP contribution is 2.23. The Balaban J connectivity index is 1.87. The third-order valence-electron chi connectivity index (χ3n) is 4.07. The molecule has 0 amide bonds. The smallest absolute Gasteiger partial charge is 0.163 e. The molecule has 0 spiro atoms. The fourth-order valence-electron chi connectivity index (χ4n) is 2.58. The molecule has 1 heterocycles. The van der Waals surface area contributed by atoms with Crippen LogP contribution in [0.25, 0.3) is 11.4 Å². The number of rotatable bonds is 7. The van der Waals surface area contributed by atoms with Crippen molar-refractivity contribution < 1.29 is 0 Å². The number of nitrogens with zero attached hydrogens (tertiary/aromatic N) is 3. The fraction of sp³-hybridized carbons (Fsp3) is 0.227. The Bertz CT molecular complexity index is 912. The first-order valence-electron chi connectivity index (χ1n) is 9.09. The molecule has 1 aromatic heterocycles. The van der Waals surface area contributed by atoms with Gasteiger partial charge in [-0.15, -0.1) is 0 Å². The van der Waals surface area contributed by atoms with E-state index in [0.29, 0.717) is 23.1 Å². The average molecular weight is 357 g/mol. The van der Waals surface area contributed by atoms with E-state index in [4.69, 9.17) is 5.26 Å². The van der Waals surface area contributed by atoms with E-state index in [1.807, 2.05) is 48.5 Å². The third kappa shape index (κ3) is 5.29. The molecule has 0 radical (unpaired) electrons. The number of hydrogen-bond acceptors (Lipinski definition) is 5. The highest BCUT2D eigenvalue weighted by Gasteiger charge is 2.08. The number of anilines is 3. The van der Waals surface area contributed by atoms with Gasteiger partial charge in [-0.3, -0.25) is 0 Å². The molecule has 3 aromatic rings. The van der Waals surface area contributed by atoms with Gasteiger partial charge in [0.15, 0.2) is 5.82 Å². The molecule has 0 saturated heterocycles. The summed E-state index contributed by atoms with van der Waals surface area (Å²) in [7, 11) is 0. The van der Waals surface area contributed by atoms with Crippen LogP contribution in [-0.2, 0) is 0 Å². The summed E-state index contributed by atoms with van der Waals surface area (Å²) >= 11 is 0. The molecule has 5 nitrogen and oxygen atoms in total. The Kier molecular flexibility index (Phi) is 6.01. The summed E-state index contributed by atoms with van der Waals surface area (Å²) in [4.78, 5) is 9.32. The molecule has 0 unspecified atom stereocenters. The third-order valence-corrected chi connectivity index (χ3v) is 4.07. The SMILES string of the molecule is CC(C)CCNc1cc(Nc2ccc(C#N)cc2)nc(-c2ccccc2)n1. The number of nitriles is 1. The lowest BCUT2D eigenvalue weighted by atomic mass is 10.1. The zero-order valence-corrected chi connectivity index (χ0v) is 15.6. The van der Waals surface area contributed by atoms with Gasteiger partial charge < -0.3 is 10.6 Å². The second-order valence-corrected chi connectivity index (χ2v) is 6.75. The number of benzene rings is 2. The van der Waals surface area contributed by atoms with Crippen LogP contribution in [0.2, 0.25) is 0 Å². The zero-order chi connectivity index (χ0) is 19.1. The Morgan fingerprint density at radius 2 is 1.67 bits per heavy atom. The molecule has 136 valence electrons. The van der Waals surface area contributed by atoms with Crippen LogP contribution in [-0.4, -0.2) is 16.5 Å². The fourth-order valence-corrected chi connectivity index (χ4v) is 2.58. The summed E-state index contributed by atoms with van der Waals surface area (Å²) < 4.78 is 0. The monoisotopic (exact) mass is 357 g/mol. The normalized spacial score (nSPS) is 10.4. The van der Waals surface area contributed by atoms with Gasteiger partial charge in [-0.2, -0.15) is 5.26 Å². The molecule has 3 rings (SSSR count). The van der Waals surface area contributed by atoms with E-state index in [9.17, 15) is 0 Å². The van der Waals surface area contributed by atoms with Crippen LogP contribution >= 0.6 is 0 Å². The van der Waals surface area contributed by atoms with E-state index >= 15 is 0 Å². The first-order chi connectivity index (χ1) is 13.1. The van der Waals surface area contributed by atoms with E-state index < -0.39 is 0 Å². The Morgan fingerprint density at radius 1 is 0.963 bits per heavy atom. The van der Waals surface area contributed by atoms with Crippen molar-refractivity contribution in [1.29, 1.82) is 5.26 Å². The molecule has 0 atom stereocenters. The molecule has 2 N–H and O–H groups in total. The molecule has 0 bridgehead atoms. The Hall–Kier alpha value is -3.39. The van der Waals surface area contributed by atoms with E-state index in [2.05, 4.69) is 40.5 Å². The summed E-state index contributed by atoms with van der Waals surface area (Å²) in [6, 6.07) is 21.3. The summed E-state index contributed by atoms with van der Waals surface area (Å²) in [6.07, 6.45) is 1.07. The van der Waals surface area contributed by atoms with Crippen molar-refractivity contribution in [3.8, 4) is 17.5 Å². The van der Waals surface area contributed by atoms with Crippen LogP contribution in [0.3, 0.4) is 0 Å². The van der Waals surface area contributed by atoms with E-state index in [1.165, 1.54) is 0 Å². The number of nitrogens with one attached hydrogen (secondary N) is 2. The first-order valence-corrected chi connectivity index (χ1v) is 9.09. The molecule has 0 aliphatic rings. The highest BCUT2D eigenvalue weighted by molar-refractivity contribution is 5.65. The summed E-state index contributed by atoms with van der Waals surface area (Å²) in [6.45, 7) is 5.27. The van der Waals surface area contributed by atoms with Gasteiger partial charge in [-0.05, 0) is 36.6 Å². The lowest BCUT2D eigenvalue weighted by molar-refractivity contribution is 0.606. The minimum atomic E-state index is 0.629. The number of hydrogen-bond donors (Lipinski definition) is 2. The average Bonchev–Trinajstić information content (AvgIpc) is 2.69. The van der Waals surface area contributed by atoms with Crippen LogP contribution in [0.15, 0.2) is 60.7 Å².